The molecule has 0 fully saturated rings. The van der Waals surface area contributed by atoms with E-state index in [1.54, 1.807) is 18.7 Å². The molecule has 0 spiro atoms. The number of rotatable bonds is 4. The Morgan fingerprint density at radius 3 is 2.56 bits per heavy atom. The molecule has 5 heteroatoms. The zero-order valence-electron chi connectivity index (χ0n) is 10.9. The van der Waals surface area contributed by atoms with Crippen molar-refractivity contribution in [1.82, 2.24) is 4.90 Å². The predicted molar refractivity (Wildman–Crippen MR) is 76.7 cm³/mol. The molecule has 0 heterocycles. The van der Waals surface area contributed by atoms with Crippen molar-refractivity contribution in [3.63, 3.8) is 0 Å². The highest BCUT2D eigenvalue weighted by Gasteiger charge is 2.21. The summed E-state index contributed by atoms with van der Waals surface area (Å²) in [5, 5.41) is 12.6. The third-order valence-corrected chi connectivity index (χ3v) is 3.05. The number of nitrogens with zero attached hydrogens (tertiary/aromatic N) is 1. The van der Waals surface area contributed by atoms with Crippen LogP contribution in [0.4, 0.5) is 10.5 Å². The summed E-state index contributed by atoms with van der Waals surface area (Å²) in [5.74, 6) is 0. The van der Waals surface area contributed by atoms with Crippen molar-refractivity contribution >= 4 is 27.6 Å². The minimum Gasteiger partial charge on any atom is -0.389 e. The molecule has 0 saturated heterocycles. The lowest BCUT2D eigenvalue weighted by atomic mass is 10.1. The van der Waals surface area contributed by atoms with Crippen LogP contribution < -0.4 is 5.32 Å². The molecule has 1 aromatic carbocycles. The number of aliphatic hydroxyl groups is 1. The molecule has 0 saturated carbocycles. The van der Waals surface area contributed by atoms with Gasteiger partial charge in [0.25, 0.3) is 0 Å². The van der Waals surface area contributed by atoms with E-state index in [9.17, 15) is 9.90 Å². The van der Waals surface area contributed by atoms with Gasteiger partial charge in [-0.2, -0.15) is 0 Å². The topological polar surface area (TPSA) is 52.6 Å². The molecule has 1 aromatic rings. The zero-order chi connectivity index (χ0) is 13.8. The molecule has 4 nitrogen and oxygen atoms in total. The number of hydrogen-bond acceptors (Lipinski definition) is 2. The van der Waals surface area contributed by atoms with Crippen LogP contribution in [0.5, 0.6) is 0 Å². The molecule has 0 aliphatic heterocycles. The number of benzene rings is 1. The highest BCUT2D eigenvalue weighted by atomic mass is 79.9. The maximum Gasteiger partial charge on any atom is 0.321 e. The molecule has 100 valence electrons. The summed E-state index contributed by atoms with van der Waals surface area (Å²) in [6.07, 6.45) is 0. The smallest absolute Gasteiger partial charge is 0.321 e. The van der Waals surface area contributed by atoms with Crippen molar-refractivity contribution in [3.05, 3.63) is 28.7 Å². The number of hydrogen-bond donors (Lipinski definition) is 2. The average molecular weight is 315 g/mol. The molecule has 18 heavy (non-hydrogen) atoms. The third kappa shape index (κ3) is 4.66. The van der Waals surface area contributed by atoms with Gasteiger partial charge in [0.2, 0.25) is 0 Å². The summed E-state index contributed by atoms with van der Waals surface area (Å²) in [6.45, 7) is 6.08. The number of likely N-dealkylation sites (N-methyl/N-ethyl adjacent to an activating group) is 1. The number of carbonyl (C=O) groups is 1. The van der Waals surface area contributed by atoms with Gasteiger partial charge in [-0.25, -0.2) is 4.79 Å². The van der Waals surface area contributed by atoms with Crippen LogP contribution in [0.3, 0.4) is 0 Å². The van der Waals surface area contributed by atoms with Gasteiger partial charge >= 0.3 is 6.03 Å². The minimum absolute atomic E-state index is 0.216. The number of urea groups is 1. The molecule has 0 unspecified atom stereocenters. The van der Waals surface area contributed by atoms with E-state index in [4.69, 9.17) is 0 Å². The van der Waals surface area contributed by atoms with Gasteiger partial charge in [0.1, 0.15) is 0 Å². The van der Waals surface area contributed by atoms with Crippen LogP contribution in [0.2, 0.25) is 0 Å². The Hall–Kier alpha value is -1.07. The van der Waals surface area contributed by atoms with Crippen molar-refractivity contribution in [2.75, 3.05) is 18.4 Å². The largest absolute Gasteiger partial charge is 0.389 e. The van der Waals surface area contributed by atoms with E-state index in [0.717, 1.165) is 10.2 Å². The summed E-state index contributed by atoms with van der Waals surface area (Å²) in [4.78, 5) is 13.6. The molecule has 2 amide bonds. The van der Waals surface area contributed by atoms with Crippen LogP contribution in [0.1, 0.15) is 20.8 Å². The van der Waals surface area contributed by atoms with Crippen LogP contribution in [0.15, 0.2) is 28.7 Å². The lowest BCUT2D eigenvalue weighted by Crippen LogP contribution is -2.44. The Labute approximate surface area is 116 Å². The molecule has 0 aromatic heterocycles. The number of nitrogens with one attached hydrogen (secondary N) is 1. The fourth-order valence-corrected chi connectivity index (χ4v) is 1.94. The van der Waals surface area contributed by atoms with E-state index < -0.39 is 5.60 Å². The Bertz CT molecular complexity index is 416. The maximum absolute atomic E-state index is 12.1. The van der Waals surface area contributed by atoms with E-state index in [1.165, 1.54) is 0 Å². The molecule has 0 radical (unpaired) electrons. The van der Waals surface area contributed by atoms with Gasteiger partial charge in [-0.15, -0.1) is 0 Å². The van der Waals surface area contributed by atoms with Gasteiger partial charge in [0, 0.05) is 11.0 Å². The van der Waals surface area contributed by atoms with Crippen molar-refractivity contribution in [3.8, 4) is 0 Å². The van der Waals surface area contributed by atoms with Crippen molar-refractivity contribution in [2.24, 2.45) is 0 Å². The number of amides is 2. The number of anilines is 1. The second-order valence-corrected chi connectivity index (χ2v) is 5.59. The quantitative estimate of drug-likeness (QED) is 0.897. The summed E-state index contributed by atoms with van der Waals surface area (Å²) >= 11 is 3.37. The second kappa shape index (κ2) is 6.20. The normalized spacial score (nSPS) is 11.2. The molecule has 2 N–H and O–H groups in total. The van der Waals surface area contributed by atoms with Gasteiger partial charge < -0.3 is 15.3 Å². The summed E-state index contributed by atoms with van der Waals surface area (Å²) in [6, 6.07) is 7.20. The summed E-state index contributed by atoms with van der Waals surface area (Å²) in [5.41, 5.74) is -0.182. The molecule has 0 bridgehead atoms. The fourth-order valence-electron chi connectivity index (χ4n) is 1.55. The van der Waals surface area contributed by atoms with Gasteiger partial charge in [0.05, 0.1) is 17.8 Å². The average Bonchev–Trinajstić information content (AvgIpc) is 2.27. The van der Waals surface area contributed by atoms with Gasteiger partial charge in [-0.1, -0.05) is 12.1 Å². The van der Waals surface area contributed by atoms with Crippen LogP contribution in [-0.4, -0.2) is 34.7 Å². The van der Waals surface area contributed by atoms with Gasteiger partial charge in [-0.3, -0.25) is 0 Å². The number of carbonyl (C=O) groups excluding carboxylic acids is 1. The Balaban J connectivity index is 2.72. The lowest BCUT2D eigenvalue weighted by Gasteiger charge is -2.28. The Morgan fingerprint density at radius 2 is 2.06 bits per heavy atom. The first-order valence-corrected chi connectivity index (χ1v) is 6.65. The van der Waals surface area contributed by atoms with Crippen molar-refractivity contribution < 1.29 is 9.90 Å². The lowest BCUT2D eigenvalue weighted by molar-refractivity contribution is 0.0501. The molecule has 0 aliphatic carbocycles. The number of para-hydroxylation sites is 1. The van der Waals surface area contributed by atoms with Crippen LogP contribution >= 0.6 is 15.9 Å². The van der Waals surface area contributed by atoms with E-state index in [1.807, 2.05) is 31.2 Å². The van der Waals surface area contributed by atoms with E-state index in [0.29, 0.717) is 13.1 Å². The van der Waals surface area contributed by atoms with E-state index >= 15 is 0 Å². The van der Waals surface area contributed by atoms with E-state index in [2.05, 4.69) is 21.2 Å². The monoisotopic (exact) mass is 314 g/mol. The molecular formula is C13H19BrN2O2. The first-order chi connectivity index (χ1) is 8.33. The standard InChI is InChI=1S/C13H19BrN2O2/c1-4-16(9-13(2,3)18)12(17)15-11-8-6-5-7-10(11)14/h5-8,18H,4,9H2,1-3H3,(H,15,17). The zero-order valence-corrected chi connectivity index (χ0v) is 12.5. The molecular weight excluding hydrogens is 296 g/mol. The molecule has 1 rings (SSSR count). The Morgan fingerprint density at radius 1 is 1.44 bits per heavy atom. The van der Waals surface area contributed by atoms with Crippen LogP contribution in [0.25, 0.3) is 0 Å². The SMILES string of the molecule is CCN(CC(C)(C)O)C(=O)Nc1ccccc1Br. The first kappa shape index (κ1) is 15.0. The highest BCUT2D eigenvalue weighted by molar-refractivity contribution is 9.10. The maximum atomic E-state index is 12.1. The van der Waals surface area contributed by atoms with Crippen molar-refractivity contribution in [1.29, 1.82) is 0 Å². The molecule has 0 atom stereocenters. The summed E-state index contributed by atoms with van der Waals surface area (Å²) in [7, 11) is 0. The fraction of sp³-hybridized carbons (Fsp3) is 0.462. The predicted octanol–water partition coefficient (Wildman–Crippen LogP) is 3.07. The summed E-state index contributed by atoms with van der Waals surface area (Å²) < 4.78 is 0.831. The van der Waals surface area contributed by atoms with E-state index in [-0.39, 0.29) is 6.03 Å². The van der Waals surface area contributed by atoms with Gasteiger partial charge in [-0.05, 0) is 48.8 Å². The minimum atomic E-state index is -0.902. The van der Waals surface area contributed by atoms with Crippen molar-refractivity contribution in [2.45, 2.75) is 26.4 Å². The first-order valence-electron chi connectivity index (χ1n) is 5.86. The van der Waals surface area contributed by atoms with Crippen LogP contribution in [0, 0.1) is 0 Å². The molecule has 0 aliphatic rings. The van der Waals surface area contributed by atoms with Crippen LogP contribution in [-0.2, 0) is 0 Å². The second-order valence-electron chi connectivity index (χ2n) is 4.74. The van der Waals surface area contributed by atoms with Gasteiger partial charge in [0.15, 0.2) is 0 Å². The highest BCUT2D eigenvalue weighted by Crippen LogP contribution is 2.21. The number of halogens is 1. The third-order valence-electron chi connectivity index (χ3n) is 2.36. The Kier molecular flexibility index (Phi) is 5.16.